The summed E-state index contributed by atoms with van der Waals surface area (Å²) in [4.78, 5) is 28.4. The number of benzene rings is 3. The molecule has 0 aliphatic heterocycles. The van der Waals surface area contributed by atoms with Gasteiger partial charge < -0.3 is 10.2 Å². The molecule has 1 atom stereocenters. The molecule has 0 heterocycles. The van der Waals surface area contributed by atoms with Crippen LogP contribution < -0.4 is 9.62 Å². The number of nitrogens with zero attached hydrogens (tertiary/aromatic N) is 2. The first-order valence-corrected chi connectivity index (χ1v) is 14.9. The third-order valence-corrected chi connectivity index (χ3v) is 9.14. The zero-order chi connectivity index (χ0) is 28.7. The number of nitrogens with one attached hydrogen (secondary N) is 1. The van der Waals surface area contributed by atoms with Crippen molar-refractivity contribution in [3.63, 3.8) is 0 Å². The van der Waals surface area contributed by atoms with Gasteiger partial charge in [-0.15, -0.1) is 0 Å². The maximum atomic E-state index is 14.1. The van der Waals surface area contributed by atoms with Crippen molar-refractivity contribution in [1.82, 2.24) is 10.2 Å². The molecular formula is C28H30Cl3N3O4S. The van der Waals surface area contributed by atoms with E-state index in [1.165, 1.54) is 17.0 Å². The molecule has 0 saturated heterocycles. The molecule has 11 heteroatoms. The van der Waals surface area contributed by atoms with Gasteiger partial charge in [-0.25, -0.2) is 8.42 Å². The molecular weight excluding hydrogens is 581 g/mol. The van der Waals surface area contributed by atoms with Crippen molar-refractivity contribution in [3.05, 3.63) is 92.9 Å². The Morgan fingerprint density at radius 3 is 2.05 bits per heavy atom. The molecule has 2 amide bonds. The second-order valence-electron chi connectivity index (χ2n) is 8.75. The largest absolute Gasteiger partial charge is 0.355 e. The monoisotopic (exact) mass is 609 g/mol. The number of amides is 2. The van der Waals surface area contributed by atoms with Gasteiger partial charge in [0.1, 0.15) is 12.6 Å². The molecule has 1 N–H and O–H groups in total. The van der Waals surface area contributed by atoms with Crippen molar-refractivity contribution in [2.75, 3.05) is 17.4 Å². The van der Waals surface area contributed by atoms with Crippen LogP contribution in [0.2, 0.25) is 15.1 Å². The van der Waals surface area contributed by atoms with Gasteiger partial charge in [0.05, 0.1) is 10.6 Å². The van der Waals surface area contributed by atoms with Gasteiger partial charge >= 0.3 is 0 Å². The lowest BCUT2D eigenvalue weighted by molar-refractivity contribution is -0.140. The van der Waals surface area contributed by atoms with Gasteiger partial charge in [0.15, 0.2) is 0 Å². The molecule has 0 fully saturated rings. The Bertz CT molecular complexity index is 1410. The van der Waals surface area contributed by atoms with E-state index in [9.17, 15) is 18.0 Å². The lowest BCUT2D eigenvalue weighted by Gasteiger charge is -2.34. The number of halogens is 3. The summed E-state index contributed by atoms with van der Waals surface area (Å²) in [6, 6.07) is 16.7. The summed E-state index contributed by atoms with van der Waals surface area (Å²) >= 11 is 19.2. The SMILES string of the molecule is CCNC(=O)[C@H](CC)N(Cc1c(Cl)cccc1Cl)C(=O)CN(c1cccc(Cl)c1C)S(=O)(=O)c1ccccc1. The van der Waals surface area contributed by atoms with E-state index in [-0.39, 0.29) is 29.5 Å². The molecule has 39 heavy (non-hydrogen) atoms. The number of carbonyl (C=O) groups excluding carboxylic acids is 2. The van der Waals surface area contributed by atoms with Crippen LogP contribution in [0.4, 0.5) is 5.69 Å². The third kappa shape index (κ3) is 7.06. The Kier molecular flexibility index (Phi) is 10.7. The van der Waals surface area contributed by atoms with Crippen LogP contribution in [0, 0.1) is 6.92 Å². The Balaban J connectivity index is 2.13. The fraction of sp³-hybridized carbons (Fsp3) is 0.286. The van der Waals surface area contributed by atoms with Crippen molar-refractivity contribution in [1.29, 1.82) is 0 Å². The molecule has 0 aliphatic carbocycles. The lowest BCUT2D eigenvalue weighted by Crippen LogP contribution is -2.52. The first-order chi connectivity index (χ1) is 18.5. The highest BCUT2D eigenvalue weighted by Crippen LogP contribution is 2.32. The first kappa shape index (κ1) is 30.8. The summed E-state index contributed by atoms with van der Waals surface area (Å²) < 4.78 is 28.8. The zero-order valence-electron chi connectivity index (χ0n) is 21.8. The number of carbonyl (C=O) groups is 2. The summed E-state index contributed by atoms with van der Waals surface area (Å²) in [6.07, 6.45) is 0.279. The molecule has 3 rings (SSSR count). The van der Waals surface area contributed by atoms with Crippen LogP contribution in [0.25, 0.3) is 0 Å². The number of sulfonamides is 1. The van der Waals surface area contributed by atoms with Gasteiger partial charge in [-0.1, -0.05) is 72.1 Å². The van der Waals surface area contributed by atoms with Crippen LogP contribution in [0.1, 0.15) is 31.4 Å². The van der Waals surface area contributed by atoms with Crippen LogP contribution in [0.3, 0.4) is 0 Å². The van der Waals surface area contributed by atoms with Crippen LogP contribution in [-0.4, -0.2) is 44.3 Å². The zero-order valence-corrected chi connectivity index (χ0v) is 24.9. The maximum Gasteiger partial charge on any atom is 0.264 e. The van der Waals surface area contributed by atoms with E-state index in [1.54, 1.807) is 75.4 Å². The fourth-order valence-corrected chi connectivity index (χ4v) is 6.34. The van der Waals surface area contributed by atoms with Crippen molar-refractivity contribution in [3.8, 4) is 0 Å². The maximum absolute atomic E-state index is 14.1. The fourth-order valence-electron chi connectivity index (χ4n) is 4.16. The second-order valence-corrected chi connectivity index (χ2v) is 11.8. The number of hydrogen-bond donors (Lipinski definition) is 1. The van der Waals surface area contributed by atoms with Crippen molar-refractivity contribution in [2.45, 2.75) is 44.7 Å². The van der Waals surface area contributed by atoms with Crippen molar-refractivity contribution in [2.24, 2.45) is 0 Å². The van der Waals surface area contributed by atoms with Gasteiger partial charge in [0, 0.05) is 33.7 Å². The molecule has 3 aromatic carbocycles. The number of likely N-dealkylation sites (N-methyl/N-ethyl adjacent to an activating group) is 1. The Labute approximate surface area is 244 Å². The highest BCUT2D eigenvalue weighted by atomic mass is 35.5. The van der Waals surface area contributed by atoms with Crippen molar-refractivity contribution < 1.29 is 18.0 Å². The molecule has 0 bridgehead atoms. The van der Waals surface area contributed by atoms with Gasteiger partial charge in [-0.2, -0.15) is 0 Å². The van der Waals surface area contributed by atoms with Gasteiger partial charge in [-0.05, 0) is 62.2 Å². The molecule has 0 radical (unpaired) electrons. The van der Waals surface area contributed by atoms with Crippen LogP contribution >= 0.6 is 34.8 Å². The smallest absolute Gasteiger partial charge is 0.264 e. The average molecular weight is 611 g/mol. The van der Waals surface area contributed by atoms with Gasteiger partial charge in [0.2, 0.25) is 11.8 Å². The Morgan fingerprint density at radius 1 is 0.872 bits per heavy atom. The molecule has 0 unspecified atom stereocenters. The molecule has 208 valence electrons. The minimum absolute atomic E-state index is 0.00800. The summed E-state index contributed by atoms with van der Waals surface area (Å²) in [7, 11) is -4.20. The topological polar surface area (TPSA) is 86.8 Å². The number of rotatable bonds is 11. The van der Waals surface area contributed by atoms with Gasteiger partial charge in [0.25, 0.3) is 10.0 Å². The summed E-state index contributed by atoms with van der Waals surface area (Å²) in [6.45, 7) is 4.91. The number of anilines is 1. The van der Waals surface area contributed by atoms with E-state index in [0.29, 0.717) is 32.7 Å². The van der Waals surface area contributed by atoms with E-state index in [2.05, 4.69) is 5.32 Å². The van der Waals surface area contributed by atoms with Crippen LogP contribution in [-0.2, 0) is 26.2 Å². The predicted molar refractivity (Wildman–Crippen MR) is 157 cm³/mol. The minimum atomic E-state index is -4.20. The van der Waals surface area contributed by atoms with E-state index in [4.69, 9.17) is 34.8 Å². The van der Waals surface area contributed by atoms with E-state index in [1.807, 2.05) is 0 Å². The lowest BCUT2D eigenvalue weighted by atomic mass is 10.1. The van der Waals surface area contributed by atoms with Crippen LogP contribution in [0.15, 0.2) is 71.6 Å². The van der Waals surface area contributed by atoms with Gasteiger partial charge in [-0.3, -0.25) is 13.9 Å². The predicted octanol–water partition coefficient (Wildman–Crippen LogP) is 6.09. The van der Waals surface area contributed by atoms with Crippen LogP contribution in [0.5, 0.6) is 0 Å². The van der Waals surface area contributed by atoms with E-state index < -0.39 is 28.5 Å². The van der Waals surface area contributed by atoms with E-state index in [0.717, 1.165) is 4.31 Å². The molecule has 7 nitrogen and oxygen atoms in total. The normalized spacial score (nSPS) is 12.1. The van der Waals surface area contributed by atoms with E-state index >= 15 is 0 Å². The highest BCUT2D eigenvalue weighted by Gasteiger charge is 2.34. The quantitative estimate of drug-likeness (QED) is 0.285. The molecule has 3 aromatic rings. The minimum Gasteiger partial charge on any atom is -0.355 e. The highest BCUT2D eigenvalue weighted by molar-refractivity contribution is 7.92. The molecule has 0 saturated carbocycles. The second kappa shape index (κ2) is 13.5. The Morgan fingerprint density at radius 2 is 1.46 bits per heavy atom. The summed E-state index contributed by atoms with van der Waals surface area (Å²) in [5.74, 6) is -0.976. The molecule has 0 spiro atoms. The summed E-state index contributed by atoms with van der Waals surface area (Å²) in [5.41, 5.74) is 1.19. The Hall–Kier alpha value is -2.78. The average Bonchev–Trinajstić information content (AvgIpc) is 2.91. The van der Waals surface area contributed by atoms with Crippen molar-refractivity contribution >= 4 is 62.3 Å². The number of hydrogen-bond acceptors (Lipinski definition) is 4. The molecule has 0 aromatic heterocycles. The standard InChI is InChI=1S/C28H30Cl3N3O4S/c1-4-25(28(36)32-5-2)33(17-21-23(30)14-9-15-24(21)31)27(35)18-34(26-16-10-13-22(29)19(26)3)39(37,38)20-11-7-6-8-12-20/h6-16,25H,4-5,17-18H2,1-3H3,(H,32,36)/t25-/m0/s1. The summed E-state index contributed by atoms with van der Waals surface area (Å²) in [5, 5.41) is 3.75. The third-order valence-electron chi connectivity index (χ3n) is 6.24. The first-order valence-electron chi connectivity index (χ1n) is 12.4. The molecule has 0 aliphatic rings.